The summed E-state index contributed by atoms with van der Waals surface area (Å²) in [5.74, 6) is 0.667. The zero-order valence-electron chi connectivity index (χ0n) is 6.67. The summed E-state index contributed by atoms with van der Waals surface area (Å²) in [6, 6.07) is 0. The van der Waals surface area contributed by atoms with Crippen molar-refractivity contribution < 1.29 is 10.2 Å². The van der Waals surface area contributed by atoms with Crippen LogP contribution in [0, 0.1) is 23.7 Å². The third-order valence-corrected chi connectivity index (χ3v) is 3.58. The summed E-state index contributed by atoms with van der Waals surface area (Å²) in [4.78, 5) is 0. The van der Waals surface area contributed by atoms with Crippen molar-refractivity contribution >= 4 is 0 Å². The zero-order chi connectivity index (χ0) is 8.29. The number of aliphatic hydroxyl groups is 2. The van der Waals surface area contributed by atoms with E-state index in [-0.39, 0.29) is 35.9 Å². The van der Waals surface area contributed by atoms with Crippen LogP contribution >= 0.6 is 0 Å². The van der Waals surface area contributed by atoms with Crippen molar-refractivity contribution in [3.63, 3.8) is 0 Å². The van der Waals surface area contributed by atoms with E-state index in [2.05, 4.69) is 24.3 Å². The predicted octanol–water partition coefficient (Wildman–Crippen LogP) is 0.326. The fraction of sp³-hybridized carbons (Fsp3) is 0.600. The molecule has 0 spiro atoms. The van der Waals surface area contributed by atoms with Crippen LogP contribution < -0.4 is 0 Å². The summed E-state index contributed by atoms with van der Waals surface area (Å²) in [5.41, 5.74) is 0. The molecule has 0 aromatic heterocycles. The lowest BCUT2D eigenvalue weighted by Crippen LogP contribution is -2.43. The van der Waals surface area contributed by atoms with Gasteiger partial charge in [-0.2, -0.15) is 0 Å². The molecule has 0 radical (unpaired) electrons. The highest BCUT2D eigenvalue weighted by Gasteiger charge is 2.51. The van der Waals surface area contributed by atoms with Crippen LogP contribution in [0.3, 0.4) is 0 Å². The van der Waals surface area contributed by atoms with E-state index in [9.17, 15) is 10.2 Å². The minimum Gasteiger partial charge on any atom is -0.392 e. The Morgan fingerprint density at radius 3 is 1.08 bits per heavy atom. The van der Waals surface area contributed by atoms with Crippen molar-refractivity contribution in [3.05, 3.63) is 24.3 Å². The molecule has 2 heteroatoms. The normalized spacial score (nSPS) is 59.8. The molecule has 1 fully saturated rings. The van der Waals surface area contributed by atoms with Gasteiger partial charge in [-0.1, -0.05) is 24.3 Å². The SMILES string of the molecule is OC1C2C=CC1C1C=CC2C1O. The number of hydrogen-bond donors (Lipinski definition) is 2. The molecule has 4 bridgehead atoms. The third kappa shape index (κ3) is 0.595. The van der Waals surface area contributed by atoms with Gasteiger partial charge in [0, 0.05) is 23.7 Å². The van der Waals surface area contributed by atoms with Crippen molar-refractivity contribution in [1.29, 1.82) is 0 Å². The van der Waals surface area contributed by atoms with Crippen LogP contribution in [0.4, 0.5) is 0 Å². The molecule has 2 nitrogen and oxygen atoms in total. The smallest absolute Gasteiger partial charge is 0.0678 e. The van der Waals surface area contributed by atoms with Gasteiger partial charge in [-0.15, -0.1) is 0 Å². The Bertz CT molecular complexity index is 217. The predicted molar refractivity (Wildman–Crippen MR) is 44.3 cm³/mol. The molecule has 0 aromatic carbocycles. The van der Waals surface area contributed by atoms with Crippen molar-refractivity contribution in [2.45, 2.75) is 12.2 Å². The van der Waals surface area contributed by atoms with Crippen LogP contribution in [0.15, 0.2) is 24.3 Å². The quantitative estimate of drug-likeness (QED) is 0.506. The molecule has 3 aliphatic carbocycles. The van der Waals surface area contributed by atoms with Gasteiger partial charge in [0.15, 0.2) is 0 Å². The lowest BCUT2D eigenvalue weighted by atomic mass is 9.73. The maximum atomic E-state index is 9.79. The third-order valence-electron chi connectivity index (χ3n) is 3.58. The number of aliphatic hydroxyl groups excluding tert-OH is 2. The van der Waals surface area contributed by atoms with Crippen LogP contribution in [0.5, 0.6) is 0 Å². The highest BCUT2D eigenvalue weighted by Crippen LogP contribution is 2.49. The molecule has 3 rings (SSSR count). The minimum absolute atomic E-state index is 0.167. The van der Waals surface area contributed by atoms with E-state index in [0.717, 1.165) is 0 Å². The summed E-state index contributed by atoms with van der Waals surface area (Å²) in [7, 11) is 0. The molecule has 0 heterocycles. The molecule has 4 unspecified atom stereocenters. The second-order valence-electron chi connectivity index (χ2n) is 4.06. The van der Waals surface area contributed by atoms with Crippen molar-refractivity contribution in [2.24, 2.45) is 23.7 Å². The van der Waals surface area contributed by atoms with Gasteiger partial charge in [-0.25, -0.2) is 0 Å². The Morgan fingerprint density at radius 2 is 0.833 bits per heavy atom. The van der Waals surface area contributed by atoms with Crippen molar-refractivity contribution in [1.82, 2.24) is 0 Å². The van der Waals surface area contributed by atoms with Gasteiger partial charge < -0.3 is 10.2 Å². The van der Waals surface area contributed by atoms with Crippen LogP contribution in [-0.4, -0.2) is 22.4 Å². The molecule has 0 aromatic rings. The molecule has 4 atom stereocenters. The van der Waals surface area contributed by atoms with Gasteiger partial charge in [0.05, 0.1) is 12.2 Å². The molecule has 12 heavy (non-hydrogen) atoms. The summed E-state index contributed by atoms with van der Waals surface area (Å²) in [6.45, 7) is 0. The Hall–Kier alpha value is -0.600. The fourth-order valence-electron chi connectivity index (χ4n) is 2.91. The van der Waals surface area contributed by atoms with Gasteiger partial charge in [0.1, 0.15) is 0 Å². The van der Waals surface area contributed by atoms with E-state index in [0.29, 0.717) is 0 Å². The highest BCUT2D eigenvalue weighted by molar-refractivity contribution is 5.27. The Labute approximate surface area is 71.2 Å². The fourth-order valence-corrected chi connectivity index (χ4v) is 2.91. The van der Waals surface area contributed by atoms with Gasteiger partial charge >= 0.3 is 0 Å². The molecule has 64 valence electrons. The first kappa shape index (κ1) is 6.87. The summed E-state index contributed by atoms with van der Waals surface area (Å²) < 4.78 is 0. The molecular weight excluding hydrogens is 152 g/mol. The van der Waals surface area contributed by atoms with Crippen LogP contribution in [-0.2, 0) is 0 Å². The van der Waals surface area contributed by atoms with Gasteiger partial charge in [0.2, 0.25) is 0 Å². The minimum atomic E-state index is -0.251. The molecule has 0 saturated heterocycles. The van der Waals surface area contributed by atoms with Gasteiger partial charge in [-0.05, 0) is 0 Å². The Balaban J connectivity index is 2.07. The molecule has 3 aliphatic rings. The van der Waals surface area contributed by atoms with Gasteiger partial charge in [-0.3, -0.25) is 0 Å². The maximum absolute atomic E-state index is 9.79. The second kappa shape index (κ2) is 2.01. The van der Waals surface area contributed by atoms with E-state index in [4.69, 9.17) is 0 Å². The number of hydrogen-bond acceptors (Lipinski definition) is 2. The summed E-state index contributed by atoms with van der Waals surface area (Å²) >= 11 is 0. The largest absolute Gasteiger partial charge is 0.392 e. The van der Waals surface area contributed by atoms with Crippen LogP contribution in [0.25, 0.3) is 0 Å². The van der Waals surface area contributed by atoms with Crippen LogP contribution in [0.2, 0.25) is 0 Å². The molecule has 2 N–H and O–H groups in total. The van der Waals surface area contributed by atoms with E-state index < -0.39 is 0 Å². The second-order valence-corrected chi connectivity index (χ2v) is 4.06. The first-order chi connectivity index (χ1) is 5.79. The van der Waals surface area contributed by atoms with Crippen LogP contribution in [0.1, 0.15) is 0 Å². The Morgan fingerprint density at radius 1 is 0.583 bits per heavy atom. The van der Waals surface area contributed by atoms with Crippen molar-refractivity contribution in [3.8, 4) is 0 Å². The van der Waals surface area contributed by atoms with Gasteiger partial charge in [0.25, 0.3) is 0 Å². The van der Waals surface area contributed by atoms with E-state index in [1.54, 1.807) is 0 Å². The molecular formula is C10H12O2. The summed E-state index contributed by atoms with van der Waals surface area (Å²) in [6.07, 6.45) is 7.75. The molecule has 1 saturated carbocycles. The summed E-state index contributed by atoms with van der Waals surface area (Å²) in [5, 5.41) is 19.6. The van der Waals surface area contributed by atoms with E-state index >= 15 is 0 Å². The van der Waals surface area contributed by atoms with E-state index in [1.165, 1.54) is 0 Å². The topological polar surface area (TPSA) is 40.5 Å². The monoisotopic (exact) mass is 164 g/mol. The Kier molecular flexibility index (Phi) is 1.15. The molecule has 0 amide bonds. The number of rotatable bonds is 0. The highest BCUT2D eigenvalue weighted by atomic mass is 16.3. The standard InChI is InChI=1S/C10H12O2/c11-9-5-1-2-6(9)8-4-3-7(5)10(8)12/h1-12H. The lowest BCUT2D eigenvalue weighted by molar-refractivity contribution is -0.0395. The van der Waals surface area contributed by atoms with E-state index in [1.807, 2.05) is 0 Å². The number of fused-ring (bicyclic) bond motifs is 6. The first-order valence-corrected chi connectivity index (χ1v) is 4.52. The average Bonchev–Trinajstić information content (AvgIpc) is 2.41. The maximum Gasteiger partial charge on any atom is 0.0678 e. The lowest BCUT2D eigenvalue weighted by Gasteiger charge is -2.36. The first-order valence-electron chi connectivity index (χ1n) is 4.52. The molecule has 0 aliphatic heterocycles. The van der Waals surface area contributed by atoms with Crippen molar-refractivity contribution in [2.75, 3.05) is 0 Å². The average molecular weight is 164 g/mol. The zero-order valence-corrected chi connectivity index (χ0v) is 6.67.